The topological polar surface area (TPSA) is 72.0 Å². The molecule has 6 rings (SSSR count). The molecule has 0 saturated heterocycles. The third-order valence-electron chi connectivity index (χ3n) is 5.91. The molecule has 0 bridgehead atoms. The third kappa shape index (κ3) is 2.85. The number of rotatable bonds is 3. The number of aliphatic imine (C=N–C) groups is 2. The van der Waals surface area contributed by atoms with Crippen LogP contribution in [0.15, 0.2) is 56.0 Å². The van der Waals surface area contributed by atoms with E-state index in [9.17, 15) is 4.79 Å². The highest BCUT2D eigenvalue weighted by Crippen LogP contribution is 2.47. The van der Waals surface area contributed by atoms with Gasteiger partial charge in [-0.05, 0) is 60.8 Å². The lowest BCUT2D eigenvalue weighted by molar-refractivity contribution is -0.118. The molecule has 30 heavy (non-hydrogen) atoms. The summed E-state index contributed by atoms with van der Waals surface area (Å²) in [4.78, 5) is 23.2. The molecule has 1 amide bonds. The molecular weight excluding hydrogens is 414 g/mol. The molecule has 2 aliphatic heterocycles. The average molecular weight is 434 g/mol. The first-order chi connectivity index (χ1) is 14.7. The molecule has 0 saturated carbocycles. The Morgan fingerprint density at radius 1 is 1.17 bits per heavy atom. The van der Waals surface area contributed by atoms with Gasteiger partial charge in [0, 0.05) is 5.39 Å². The van der Waals surface area contributed by atoms with Gasteiger partial charge in [-0.25, -0.2) is 4.99 Å². The number of para-hydroxylation sites is 1. The van der Waals surface area contributed by atoms with E-state index in [1.54, 1.807) is 11.8 Å². The number of carbonyl (C=O) groups is 1. The van der Waals surface area contributed by atoms with Gasteiger partial charge in [0.2, 0.25) is 0 Å². The maximum atomic E-state index is 12.8. The summed E-state index contributed by atoms with van der Waals surface area (Å²) in [5, 5.41) is 11.6. The van der Waals surface area contributed by atoms with Crippen molar-refractivity contribution in [1.29, 1.82) is 0 Å². The van der Waals surface area contributed by atoms with Gasteiger partial charge in [0.05, 0.1) is 16.3 Å². The fourth-order valence-corrected chi connectivity index (χ4v) is 6.67. The minimum absolute atomic E-state index is 0.0535. The van der Waals surface area contributed by atoms with Crippen molar-refractivity contribution in [2.75, 3.05) is 5.75 Å². The monoisotopic (exact) mass is 433 g/mol. The number of allylic oxidation sites excluding steroid dienone is 1. The van der Waals surface area contributed by atoms with Crippen LogP contribution in [0.2, 0.25) is 0 Å². The number of hydrogen-bond donors (Lipinski definition) is 0. The first kappa shape index (κ1) is 18.3. The first-order valence-electron chi connectivity index (χ1n) is 10.1. The Kier molecular flexibility index (Phi) is 4.31. The number of pyridine rings is 1. The number of carbonyl (C=O) groups excluding carboxylic acids is 1. The molecule has 1 unspecified atom stereocenters. The Bertz CT molecular complexity index is 1320. The maximum Gasteiger partial charge on any atom is 0.261 e. The quantitative estimate of drug-likeness (QED) is 0.554. The molecular formula is C22H19N5OS2. The third-order valence-corrected chi connectivity index (χ3v) is 8.08. The zero-order valence-electron chi connectivity index (χ0n) is 16.5. The van der Waals surface area contributed by atoms with Gasteiger partial charge in [0.25, 0.3) is 5.91 Å². The minimum Gasteiger partial charge on any atom is -0.271 e. The Labute approximate surface area is 182 Å². The van der Waals surface area contributed by atoms with Crippen LogP contribution in [-0.4, -0.2) is 37.1 Å². The number of nitrogens with zero attached hydrogens (tertiary/aromatic N) is 5. The van der Waals surface area contributed by atoms with E-state index in [1.165, 1.54) is 39.6 Å². The number of hydrogen-bond acceptors (Lipinski definition) is 6. The number of aryl methyl sites for hydroxylation is 1. The van der Waals surface area contributed by atoms with E-state index in [4.69, 9.17) is 4.99 Å². The van der Waals surface area contributed by atoms with Gasteiger partial charge in [0.1, 0.15) is 11.8 Å². The summed E-state index contributed by atoms with van der Waals surface area (Å²) in [5.41, 5.74) is 4.36. The van der Waals surface area contributed by atoms with E-state index in [0.717, 1.165) is 40.6 Å². The number of benzene rings is 1. The Hall–Kier alpha value is -2.45. The van der Waals surface area contributed by atoms with Gasteiger partial charge in [-0.2, -0.15) is 4.99 Å². The maximum absolute atomic E-state index is 12.8. The number of amides is 1. The van der Waals surface area contributed by atoms with Gasteiger partial charge in [-0.15, -0.1) is 10.2 Å². The molecule has 2 aromatic heterocycles. The van der Waals surface area contributed by atoms with E-state index in [2.05, 4.69) is 44.7 Å². The van der Waals surface area contributed by atoms with Gasteiger partial charge >= 0.3 is 0 Å². The lowest BCUT2D eigenvalue weighted by atomic mass is 9.89. The second-order valence-corrected chi connectivity index (χ2v) is 9.87. The van der Waals surface area contributed by atoms with E-state index in [1.807, 2.05) is 12.1 Å². The molecule has 1 aliphatic carbocycles. The van der Waals surface area contributed by atoms with E-state index < -0.39 is 0 Å². The SMILES string of the molecule is Cc1cc2nnc(SCC3=NC(=O)C4C(=N3)SC3=C4CCCC3)n2c2ccccc12. The Balaban J connectivity index is 1.29. The van der Waals surface area contributed by atoms with Crippen LogP contribution >= 0.6 is 23.5 Å². The van der Waals surface area contributed by atoms with Crippen molar-refractivity contribution >= 4 is 56.9 Å². The molecule has 3 aliphatic rings. The second kappa shape index (κ2) is 7.06. The summed E-state index contributed by atoms with van der Waals surface area (Å²) in [6, 6.07) is 10.3. The first-order valence-corrected chi connectivity index (χ1v) is 12.0. The molecule has 8 heteroatoms. The highest BCUT2D eigenvalue weighted by molar-refractivity contribution is 8.17. The molecule has 1 atom stereocenters. The zero-order chi connectivity index (χ0) is 20.2. The smallest absolute Gasteiger partial charge is 0.261 e. The summed E-state index contributed by atoms with van der Waals surface area (Å²) in [5.74, 6) is 0.815. The normalized spacial score (nSPS) is 21.1. The van der Waals surface area contributed by atoms with E-state index >= 15 is 0 Å². The second-order valence-electron chi connectivity index (χ2n) is 7.82. The predicted molar refractivity (Wildman–Crippen MR) is 122 cm³/mol. The van der Waals surface area contributed by atoms with Gasteiger partial charge in [-0.3, -0.25) is 9.20 Å². The highest BCUT2D eigenvalue weighted by atomic mass is 32.2. The van der Waals surface area contributed by atoms with Crippen molar-refractivity contribution in [3.05, 3.63) is 46.4 Å². The van der Waals surface area contributed by atoms with Crippen LogP contribution in [0, 0.1) is 12.8 Å². The summed E-state index contributed by atoms with van der Waals surface area (Å²) in [6.45, 7) is 2.09. The van der Waals surface area contributed by atoms with Crippen molar-refractivity contribution in [1.82, 2.24) is 14.6 Å². The van der Waals surface area contributed by atoms with Crippen molar-refractivity contribution in [2.45, 2.75) is 37.8 Å². The standard InChI is InChI=1S/C22H19N5OS2/c1-12-10-18-25-26-22(27(18)15-8-4-2-6-13(12)15)29-11-17-23-20(28)19-14-7-3-5-9-16(14)30-21(19)24-17/h2,4,6,8,10,19H,3,5,7,9,11H2,1H3. The van der Waals surface area contributed by atoms with Crippen LogP contribution in [0.3, 0.4) is 0 Å². The summed E-state index contributed by atoms with van der Waals surface area (Å²) in [7, 11) is 0. The summed E-state index contributed by atoms with van der Waals surface area (Å²) < 4.78 is 2.07. The van der Waals surface area contributed by atoms with E-state index in [-0.39, 0.29) is 11.8 Å². The summed E-state index contributed by atoms with van der Waals surface area (Å²) >= 11 is 3.22. The van der Waals surface area contributed by atoms with Crippen LogP contribution in [0.4, 0.5) is 0 Å². The average Bonchev–Trinajstić information content (AvgIpc) is 3.33. The van der Waals surface area contributed by atoms with Gasteiger partial charge < -0.3 is 0 Å². The molecule has 6 nitrogen and oxygen atoms in total. The number of aromatic nitrogens is 3. The van der Waals surface area contributed by atoms with Crippen LogP contribution in [0.25, 0.3) is 16.6 Å². The minimum atomic E-state index is -0.208. The van der Waals surface area contributed by atoms with Crippen LogP contribution in [0.1, 0.15) is 31.2 Å². The van der Waals surface area contributed by atoms with Gasteiger partial charge in [0.15, 0.2) is 10.8 Å². The zero-order valence-corrected chi connectivity index (χ0v) is 18.1. The number of fused-ring (bicyclic) bond motifs is 5. The van der Waals surface area contributed by atoms with Crippen molar-refractivity contribution in [3.8, 4) is 0 Å². The van der Waals surface area contributed by atoms with Crippen LogP contribution < -0.4 is 0 Å². The summed E-state index contributed by atoms with van der Waals surface area (Å²) in [6.07, 6.45) is 4.45. The molecule has 3 aromatic rings. The Morgan fingerprint density at radius 2 is 2.03 bits per heavy atom. The fourth-order valence-electron chi connectivity index (χ4n) is 4.50. The number of thioether (sulfide) groups is 2. The molecule has 1 aromatic carbocycles. The number of amidine groups is 1. The fraction of sp³-hybridized carbons (Fsp3) is 0.318. The van der Waals surface area contributed by atoms with E-state index in [0.29, 0.717) is 11.6 Å². The highest BCUT2D eigenvalue weighted by Gasteiger charge is 2.40. The lowest BCUT2D eigenvalue weighted by Crippen LogP contribution is -2.26. The van der Waals surface area contributed by atoms with Crippen molar-refractivity contribution < 1.29 is 4.79 Å². The molecule has 4 heterocycles. The molecule has 0 radical (unpaired) electrons. The molecule has 0 N–H and O–H groups in total. The van der Waals surface area contributed by atoms with Crippen LogP contribution in [-0.2, 0) is 4.79 Å². The lowest BCUT2D eigenvalue weighted by Gasteiger charge is -2.18. The molecule has 0 fully saturated rings. The Morgan fingerprint density at radius 3 is 2.97 bits per heavy atom. The van der Waals surface area contributed by atoms with Crippen molar-refractivity contribution in [3.63, 3.8) is 0 Å². The van der Waals surface area contributed by atoms with Gasteiger partial charge in [-0.1, -0.05) is 41.7 Å². The van der Waals surface area contributed by atoms with Crippen molar-refractivity contribution in [2.24, 2.45) is 15.9 Å². The molecule has 0 spiro atoms. The largest absolute Gasteiger partial charge is 0.271 e. The van der Waals surface area contributed by atoms with Crippen LogP contribution in [0.5, 0.6) is 0 Å². The molecule has 150 valence electrons. The predicted octanol–water partition coefficient (Wildman–Crippen LogP) is 4.81.